The molecular formula is C9H8IN3O. The summed E-state index contributed by atoms with van der Waals surface area (Å²) < 4.78 is 2.94. The molecule has 2 rings (SSSR count). The van der Waals surface area contributed by atoms with Gasteiger partial charge in [-0.3, -0.25) is 4.79 Å². The zero-order chi connectivity index (χ0) is 10.1. The number of amides is 1. The summed E-state index contributed by atoms with van der Waals surface area (Å²) in [5, 5.41) is 0. The van der Waals surface area contributed by atoms with Crippen LogP contribution in [0.3, 0.4) is 0 Å². The normalized spacial score (nSPS) is 10.6. The molecule has 0 atom stereocenters. The van der Waals surface area contributed by atoms with Gasteiger partial charge in [0.1, 0.15) is 5.65 Å². The van der Waals surface area contributed by atoms with Crippen LogP contribution < -0.4 is 5.73 Å². The average molecular weight is 301 g/mol. The summed E-state index contributed by atoms with van der Waals surface area (Å²) in [6, 6.07) is 3.89. The third-order valence-corrected chi connectivity index (χ3v) is 2.76. The molecule has 0 aliphatic heterocycles. The fourth-order valence-electron chi connectivity index (χ4n) is 1.34. The first-order valence-electron chi connectivity index (χ1n) is 4.07. The monoisotopic (exact) mass is 301 g/mol. The van der Waals surface area contributed by atoms with Gasteiger partial charge in [-0.15, -0.1) is 0 Å². The third-order valence-electron chi connectivity index (χ3n) is 1.92. The van der Waals surface area contributed by atoms with E-state index >= 15 is 0 Å². The van der Waals surface area contributed by atoms with E-state index in [1.165, 1.54) is 0 Å². The Morgan fingerprint density at radius 3 is 3.14 bits per heavy atom. The lowest BCUT2D eigenvalue weighted by Crippen LogP contribution is -2.14. The van der Waals surface area contributed by atoms with Crippen molar-refractivity contribution in [2.75, 3.05) is 0 Å². The van der Waals surface area contributed by atoms with Crippen molar-refractivity contribution in [3.8, 4) is 0 Å². The Bertz CT molecular complexity index is 492. The minimum Gasteiger partial charge on any atom is -0.369 e. The Morgan fingerprint density at radius 2 is 2.43 bits per heavy atom. The van der Waals surface area contributed by atoms with E-state index in [-0.39, 0.29) is 12.3 Å². The van der Waals surface area contributed by atoms with E-state index in [1.807, 2.05) is 22.7 Å². The number of pyridine rings is 1. The van der Waals surface area contributed by atoms with Crippen LogP contribution >= 0.6 is 22.6 Å². The van der Waals surface area contributed by atoms with Gasteiger partial charge >= 0.3 is 0 Å². The highest BCUT2D eigenvalue weighted by atomic mass is 127. The SMILES string of the molecule is NC(=O)Cc1cnc2c(I)cccn12. The number of halogens is 1. The Balaban J connectivity index is 2.58. The predicted octanol–water partition coefficient (Wildman–Crippen LogP) is 0.967. The van der Waals surface area contributed by atoms with Gasteiger partial charge in [0, 0.05) is 12.4 Å². The van der Waals surface area contributed by atoms with Gasteiger partial charge in [0.05, 0.1) is 15.7 Å². The number of imidazole rings is 1. The highest BCUT2D eigenvalue weighted by Crippen LogP contribution is 2.14. The lowest BCUT2D eigenvalue weighted by Gasteiger charge is -1.99. The summed E-state index contributed by atoms with van der Waals surface area (Å²) in [6.45, 7) is 0. The lowest BCUT2D eigenvalue weighted by molar-refractivity contribution is -0.117. The quantitative estimate of drug-likeness (QED) is 0.840. The van der Waals surface area contributed by atoms with Crippen LogP contribution in [-0.4, -0.2) is 15.3 Å². The van der Waals surface area contributed by atoms with E-state index in [0.29, 0.717) is 0 Å². The number of primary amides is 1. The number of hydrogen-bond acceptors (Lipinski definition) is 2. The van der Waals surface area contributed by atoms with Gasteiger partial charge in [-0.2, -0.15) is 0 Å². The van der Waals surface area contributed by atoms with Crippen molar-refractivity contribution in [3.63, 3.8) is 0 Å². The van der Waals surface area contributed by atoms with Gasteiger partial charge in [0.2, 0.25) is 5.91 Å². The fourth-order valence-corrected chi connectivity index (χ4v) is 1.94. The number of rotatable bonds is 2. The van der Waals surface area contributed by atoms with Crippen molar-refractivity contribution in [1.82, 2.24) is 9.38 Å². The molecule has 0 fully saturated rings. The maximum absolute atomic E-state index is 10.8. The molecule has 2 heterocycles. The first-order chi connectivity index (χ1) is 6.68. The van der Waals surface area contributed by atoms with Gasteiger partial charge in [-0.1, -0.05) is 0 Å². The summed E-state index contributed by atoms with van der Waals surface area (Å²) in [4.78, 5) is 15.0. The van der Waals surface area contributed by atoms with Gasteiger partial charge < -0.3 is 10.1 Å². The Labute approximate surface area is 94.3 Å². The largest absolute Gasteiger partial charge is 0.369 e. The molecule has 2 N–H and O–H groups in total. The van der Waals surface area contributed by atoms with Crippen LogP contribution in [0.2, 0.25) is 0 Å². The van der Waals surface area contributed by atoms with E-state index in [1.54, 1.807) is 6.20 Å². The number of hydrogen-bond donors (Lipinski definition) is 1. The molecule has 0 aliphatic rings. The summed E-state index contributed by atoms with van der Waals surface area (Å²) in [5.74, 6) is -0.342. The van der Waals surface area contributed by atoms with Gasteiger partial charge in [0.15, 0.2) is 0 Å². The summed E-state index contributed by atoms with van der Waals surface area (Å²) in [6.07, 6.45) is 3.78. The number of carbonyl (C=O) groups is 1. The molecule has 0 saturated heterocycles. The second-order valence-electron chi connectivity index (χ2n) is 2.94. The third kappa shape index (κ3) is 1.59. The molecule has 0 aliphatic carbocycles. The number of nitrogens with zero attached hydrogens (tertiary/aromatic N) is 2. The number of aromatic nitrogens is 2. The molecule has 72 valence electrons. The van der Waals surface area contributed by atoms with E-state index < -0.39 is 0 Å². The van der Waals surface area contributed by atoms with Crippen molar-refractivity contribution in [2.45, 2.75) is 6.42 Å². The first-order valence-corrected chi connectivity index (χ1v) is 5.15. The zero-order valence-electron chi connectivity index (χ0n) is 7.27. The van der Waals surface area contributed by atoms with Gasteiger partial charge in [-0.05, 0) is 34.7 Å². The van der Waals surface area contributed by atoms with Crippen LogP contribution in [-0.2, 0) is 11.2 Å². The predicted molar refractivity (Wildman–Crippen MR) is 60.8 cm³/mol. The van der Waals surface area contributed by atoms with Crippen molar-refractivity contribution >= 4 is 34.1 Å². The summed E-state index contributed by atoms with van der Waals surface area (Å²) >= 11 is 2.21. The maximum Gasteiger partial charge on any atom is 0.223 e. The van der Waals surface area contributed by atoms with Crippen LogP contribution in [0.25, 0.3) is 5.65 Å². The van der Waals surface area contributed by atoms with Crippen molar-refractivity contribution in [1.29, 1.82) is 0 Å². The van der Waals surface area contributed by atoms with Crippen LogP contribution in [0.4, 0.5) is 0 Å². The summed E-state index contributed by atoms with van der Waals surface area (Å²) in [7, 11) is 0. The zero-order valence-corrected chi connectivity index (χ0v) is 9.43. The van der Waals surface area contributed by atoms with Crippen LogP contribution in [0.1, 0.15) is 5.69 Å². The van der Waals surface area contributed by atoms with Gasteiger partial charge in [0.25, 0.3) is 0 Å². The molecule has 0 aromatic carbocycles. The topological polar surface area (TPSA) is 60.4 Å². The average Bonchev–Trinajstić information content (AvgIpc) is 2.49. The molecule has 1 amide bonds. The minimum atomic E-state index is -0.342. The minimum absolute atomic E-state index is 0.223. The van der Waals surface area contributed by atoms with Crippen molar-refractivity contribution in [2.24, 2.45) is 5.73 Å². The molecule has 14 heavy (non-hydrogen) atoms. The van der Waals surface area contributed by atoms with E-state index in [9.17, 15) is 4.79 Å². The van der Waals surface area contributed by atoms with E-state index in [0.717, 1.165) is 14.9 Å². The standard InChI is InChI=1S/C9H8IN3O/c10-7-2-1-3-13-6(4-8(11)14)5-12-9(7)13/h1-3,5H,4H2,(H2,11,14). The molecule has 0 unspecified atom stereocenters. The fraction of sp³-hybridized carbons (Fsp3) is 0.111. The van der Waals surface area contributed by atoms with Crippen LogP contribution in [0.5, 0.6) is 0 Å². The second-order valence-corrected chi connectivity index (χ2v) is 4.10. The molecule has 5 heteroatoms. The highest BCUT2D eigenvalue weighted by Gasteiger charge is 2.07. The number of fused-ring (bicyclic) bond motifs is 1. The molecule has 0 saturated carbocycles. The first kappa shape index (κ1) is 9.45. The lowest BCUT2D eigenvalue weighted by atomic mass is 10.3. The second kappa shape index (κ2) is 3.56. The number of nitrogens with two attached hydrogens (primary N) is 1. The van der Waals surface area contributed by atoms with E-state index in [2.05, 4.69) is 27.6 Å². The Kier molecular flexibility index (Phi) is 2.40. The Hall–Kier alpha value is -1.11. The maximum atomic E-state index is 10.8. The molecule has 0 radical (unpaired) electrons. The molecule has 0 bridgehead atoms. The van der Waals surface area contributed by atoms with Crippen molar-refractivity contribution in [3.05, 3.63) is 33.8 Å². The van der Waals surface area contributed by atoms with Crippen LogP contribution in [0.15, 0.2) is 24.5 Å². The Morgan fingerprint density at radius 1 is 1.64 bits per heavy atom. The summed E-state index contributed by atoms with van der Waals surface area (Å²) in [5.41, 5.74) is 6.82. The van der Waals surface area contributed by atoms with E-state index in [4.69, 9.17) is 5.73 Å². The molecular weight excluding hydrogens is 293 g/mol. The molecule has 4 nitrogen and oxygen atoms in total. The molecule has 0 spiro atoms. The highest BCUT2D eigenvalue weighted by molar-refractivity contribution is 14.1. The molecule has 2 aromatic heterocycles. The van der Waals surface area contributed by atoms with Gasteiger partial charge in [-0.25, -0.2) is 4.98 Å². The molecule has 2 aromatic rings. The van der Waals surface area contributed by atoms with Crippen molar-refractivity contribution < 1.29 is 4.79 Å². The smallest absolute Gasteiger partial charge is 0.223 e. The van der Waals surface area contributed by atoms with Crippen LogP contribution in [0, 0.1) is 3.57 Å². The number of carbonyl (C=O) groups excluding carboxylic acids is 1.